The van der Waals surface area contributed by atoms with Crippen LogP contribution in [0.25, 0.3) is 0 Å². The Morgan fingerprint density at radius 3 is 2.58 bits per heavy atom. The Labute approximate surface area is 161 Å². The molecule has 0 aliphatic carbocycles. The van der Waals surface area contributed by atoms with Crippen LogP contribution < -0.4 is 10.6 Å². The van der Waals surface area contributed by atoms with Crippen molar-refractivity contribution >= 4 is 40.7 Å². The van der Waals surface area contributed by atoms with E-state index in [0.717, 1.165) is 5.56 Å². The lowest BCUT2D eigenvalue weighted by Crippen LogP contribution is -2.27. The molecule has 3 rings (SSSR count). The quantitative estimate of drug-likeness (QED) is 0.645. The van der Waals surface area contributed by atoms with E-state index in [0.29, 0.717) is 15.7 Å². The summed E-state index contributed by atoms with van der Waals surface area (Å²) in [5.41, 5.74) is 1.88. The molecule has 1 atom stereocenters. The highest BCUT2D eigenvalue weighted by atomic mass is 35.5. The average molecular weight is 387 g/mol. The van der Waals surface area contributed by atoms with Gasteiger partial charge in [-0.3, -0.25) is 4.79 Å². The molecule has 0 aliphatic heterocycles. The van der Waals surface area contributed by atoms with Crippen LogP contribution in [0.4, 0.5) is 11.6 Å². The van der Waals surface area contributed by atoms with Gasteiger partial charge in [0.1, 0.15) is 5.69 Å². The van der Waals surface area contributed by atoms with Crippen LogP contribution in [-0.4, -0.2) is 15.9 Å². The van der Waals surface area contributed by atoms with Crippen LogP contribution in [0.1, 0.15) is 29.0 Å². The van der Waals surface area contributed by atoms with Crippen LogP contribution in [0, 0.1) is 0 Å². The molecule has 0 saturated carbocycles. The summed E-state index contributed by atoms with van der Waals surface area (Å²) < 4.78 is 0. The first-order valence-electron chi connectivity index (χ1n) is 7.94. The summed E-state index contributed by atoms with van der Waals surface area (Å²) in [5.74, 6) is -0.0109. The summed E-state index contributed by atoms with van der Waals surface area (Å²) in [6, 6.07) is 16.2. The van der Waals surface area contributed by atoms with Crippen LogP contribution >= 0.6 is 23.2 Å². The maximum absolute atomic E-state index is 12.5. The van der Waals surface area contributed by atoms with E-state index < -0.39 is 0 Å². The number of nitrogens with zero attached hydrogens (tertiary/aromatic N) is 2. The molecule has 0 aliphatic rings. The molecule has 2 aromatic carbocycles. The molecule has 0 saturated heterocycles. The van der Waals surface area contributed by atoms with Crippen LogP contribution in [0.3, 0.4) is 0 Å². The lowest BCUT2D eigenvalue weighted by molar-refractivity contribution is 0.0935. The number of carbonyl (C=O) groups is 1. The van der Waals surface area contributed by atoms with Gasteiger partial charge < -0.3 is 10.6 Å². The zero-order valence-electron chi connectivity index (χ0n) is 13.9. The van der Waals surface area contributed by atoms with Gasteiger partial charge in [0.05, 0.1) is 16.8 Å². The monoisotopic (exact) mass is 386 g/mol. The minimum Gasteiger partial charge on any atom is -0.344 e. The number of anilines is 2. The van der Waals surface area contributed by atoms with Crippen molar-refractivity contribution in [3.63, 3.8) is 0 Å². The molecule has 0 fully saturated rings. The third-order valence-corrected chi connectivity index (χ3v) is 4.26. The van der Waals surface area contributed by atoms with Crippen molar-refractivity contribution in [3.8, 4) is 0 Å². The second kappa shape index (κ2) is 8.17. The Kier molecular flexibility index (Phi) is 5.71. The second-order valence-electron chi connectivity index (χ2n) is 5.62. The average Bonchev–Trinajstić information content (AvgIpc) is 2.65. The molecule has 1 aromatic heterocycles. The fourth-order valence-corrected chi connectivity index (χ4v) is 2.81. The highest BCUT2D eigenvalue weighted by molar-refractivity contribution is 6.36. The molecule has 2 N–H and O–H groups in total. The van der Waals surface area contributed by atoms with Crippen LogP contribution in [-0.2, 0) is 0 Å². The number of hydrogen-bond acceptors (Lipinski definition) is 4. The minimum atomic E-state index is -0.283. The zero-order valence-corrected chi connectivity index (χ0v) is 15.4. The first-order valence-corrected chi connectivity index (χ1v) is 8.69. The number of carbonyl (C=O) groups excluding carboxylic acids is 1. The van der Waals surface area contributed by atoms with E-state index >= 15 is 0 Å². The summed E-state index contributed by atoms with van der Waals surface area (Å²) in [5, 5.41) is 6.88. The van der Waals surface area contributed by atoms with Gasteiger partial charge >= 0.3 is 0 Å². The number of aromatic nitrogens is 2. The fourth-order valence-electron chi connectivity index (χ4n) is 2.35. The Bertz CT molecular complexity index is 918. The van der Waals surface area contributed by atoms with E-state index in [4.69, 9.17) is 23.2 Å². The van der Waals surface area contributed by atoms with Gasteiger partial charge in [0.15, 0.2) is 0 Å². The van der Waals surface area contributed by atoms with Crippen LogP contribution in [0.15, 0.2) is 60.8 Å². The summed E-state index contributed by atoms with van der Waals surface area (Å²) in [6.07, 6.45) is 1.52. The van der Waals surface area contributed by atoms with Crippen LogP contribution in [0.5, 0.6) is 0 Å². The summed E-state index contributed by atoms with van der Waals surface area (Å²) in [4.78, 5) is 20.8. The lowest BCUT2D eigenvalue weighted by Gasteiger charge is -2.14. The fraction of sp³-hybridized carbons (Fsp3) is 0.105. The molecule has 0 spiro atoms. The SMILES string of the molecule is CC(NC(=O)c1ccnc(Nc2ccc(Cl)cc2Cl)n1)c1ccccc1. The molecule has 1 heterocycles. The largest absolute Gasteiger partial charge is 0.344 e. The van der Waals surface area contributed by atoms with Gasteiger partial charge in [-0.15, -0.1) is 0 Å². The van der Waals surface area contributed by atoms with Crippen LogP contribution in [0.2, 0.25) is 10.0 Å². The first-order chi connectivity index (χ1) is 12.5. The number of halogens is 2. The minimum absolute atomic E-state index is 0.138. The predicted octanol–water partition coefficient (Wildman–Crippen LogP) is 5.02. The molecule has 3 aromatic rings. The van der Waals surface area contributed by atoms with Gasteiger partial charge in [-0.1, -0.05) is 53.5 Å². The van der Waals surface area contributed by atoms with Crippen molar-refractivity contribution in [2.75, 3.05) is 5.32 Å². The summed E-state index contributed by atoms with van der Waals surface area (Å²) >= 11 is 12.0. The second-order valence-corrected chi connectivity index (χ2v) is 6.46. The number of nitrogens with one attached hydrogen (secondary N) is 2. The summed E-state index contributed by atoms with van der Waals surface area (Å²) in [6.45, 7) is 1.92. The van der Waals surface area contributed by atoms with E-state index in [-0.39, 0.29) is 23.6 Å². The van der Waals surface area contributed by atoms with E-state index in [1.165, 1.54) is 6.20 Å². The van der Waals surface area contributed by atoms with E-state index in [1.54, 1.807) is 24.3 Å². The van der Waals surface area contributed by atoms with Crippen molar-refractivity contribution in [3.05, 3.63) is 82.1 Å². The maximum Gasteiger partial charge on any atom is 0.270 e. The molecule has 1 unspecified atom stereocenters. The molecule has 5 nitrogen and oxygen atoms in total. The van der Waals surface area contributed by atoms with E-state index in [1.807, 2.05) is 37.3 Å². The van der Waals surface area contributed by atoms with E-state index in [9.17, 15) is 4.79 Å². The molecule has 26 heavy (non-hydrogen) atoms. The van der Waals surface area contributed by atoms with Gasteiger partial charge in [-0.25, -0.2) is 9.97 Å². The summed E-state index contributed by atoms with van der Waals surface area (Å²) in [7, 11) is 0. The molecule has 0 radical (unpaired) electrons. The van der Waals surface area contributed by atoms with Gasteiger partial charge in [-0.05, 0) is 36.8 Å². The molecular formula is C19H16Cl2N4O. The van der Waals surface area contributed by atoms with Crippen molar-refractivity contribution < 1.29 is 4.79 Å². The number of amides is 1. The zero-order chi connectivity index (χ0) is 18.5. The van der Waals surface area contributed by atoms with Gasteiger partial charge in [0, 0.05) is 11.2 Å². The number of benzene rings is 2. The van der Waals surface area contributed by atoms with E-state index in [2.05, 4.69) is 20.6 Å². The molecule has 7 heteroatoms. The Hall–Kier alpha value is -2.63. The van der Waals surface area contributed by atoms with Crippen molar-refractivity contribution in [1.82, 2.24) is 15.3 Å². The Morgan fingerprint density at radius 2 is 1.85 bits per heavy atom. The standard InChI is InChI=1S/C19H16Cl2N4O/c1-12(13-5-3-2-4-6-13)23-18(26)17-9-10-22-19(25-17)24-16-8-7-14(20)11-15(16)21/h2-12H,1H3,(H,23,26)(H,22,24,25). The maximum atomic E-state index is 12.5. The predicted molar refractivity (Wildman–Crippen MR) is 104 cm³/mol. The molecule has 132 valence electrons. The Morgan fingerprint density at radius 1 is 1.08 bits per heavy atom. The third kappa shape index (κ3) is 4.50. The number of hydrogen-bond donors (Lipinski definition) is 2. The Balaban J connectivity index is 1.73. The van der Waals surface area contributed by atoms with Gasteiger partial charge in [0.25, 0.3) is 5.91 Å². The molecule has 1 amide bonds. The lowest BCUT2D eigenvalue weighted by atomic mass is 10.1. The topological polar surface area (TPSA) is 66.9 Å². The smallest absolute Gasteiger partial charge is 0.270 e. The van der Waals surface area contributed by atoms with Gasteiger partial charge in [0.2, 0.25) is 5.95 Å². The van der Waals surface area contributed by atoms with Crippen molar-refractivity contribution in [2.24, 2.45) is 0 Å². The van der Waals surface area contributed by atoms with Crippen molar-refractivity contribution in [1.29, 1.82) is 0 Å². The highest BCUT2D eigenvalue weighted by Gasteiger charge is 2.13. The molecule has 0 bridgehead atoms. The van der Waals surface area contributed by atoms with Gasteiger partial charge in [-0.2, -0.15) is 0 Å². The third-order valence-electron chi connectivity index (χ3n) is 3.71. The highest BCUT2D eigenvalue weighted by Crippen LogP contribution is 2.27. The van der Waals surface area contributed by atoms with Crippen molar-refractivity contribution in [2.45, 2.75) is 13.0 Å². The number of rotatable bonds is 5. The molecular weight excluding hydrogens is 371 g/mol. The first kappa shape index (κ1) is 18.2. The normalized spacial score (nSPS) is 11.7.